The lowest BCUT2D eigenvalue weighted by Gasteiger charge is -2.44. The van der Waals surface area contributed by atoms with E-state index in [1.54, 1.807) is 30.3 Å². The van der Waals surface area contributed by atoms with Gasteiger partial charge in [0.05, 0.1) is 18.6 Å². The molecule has 2 aliphatic rings. The zero-order chi connectivity index (χ0) is 19.7. The van der Waals surface area contributed by atoms with Crippen molar-refractivity contribution >= 4 is 23.3 Å². The van der Waals surface area contributed by atoms with E-state index >= 15 is 0 Å². The van der Waals surface area contributed by atoms with Gasteiger partial charge in [0, 0.05) is 36.5 Å². The van der Waals surface area contributed by atoms with Crippen molar-refractivity contribution in [1.29, 1.82) is 0 Å². The summed E-state index contributed by atoms with van der Waals surface area (Å²) in [5.74, 6) is 1.39. The van der Waals surface area contributed by atoms with Crippen LogP contribution in [0.1, 0.15) is 46.9 Å². The molecule has 2 aliphatic heterocycles. The number of halogens is 1. The van der Waals surface area contributed by atoms with Gasteiger partial charge in [-0.3, -0.25) is 9.59 Å². The van der Waals surface area contributed by atoms with E-state index in [9.17, 15) is 9.59 Å². The van der Waals surface area contributed by atoms with Crippen LogP contribution in [0, 0.1) is 0 Å². The van der Waals surface area contributed by atoms with Gasteiger partial charge in [-0.2, -0.15) is 0 Å². The van der Waals surface area contributed by atoms with E-state index < -0.39 is 5.60 Å². The summed E-state index contributed by atoms with van der Waals surface area (Å²) in [6, 6.07) is 12.4. The maximum absolute atomic E-state index is 12.8. The minimum Gasteiger partial charge on any atom is -0.494 e. The average Bonchev–Trinajstić information content (AvgIpc) is 2.70. The number of benzene rings is 2. The maximum Gasteiger partial charge on any atom is 0.253 e. The molecule has 0 bridgehead atoms. The normalized spacial score (nSPS) is 17.8. The van der Waals surface area contributed by atoms with Gasteiger partial charge in [-0.15, -0.1) is 0 Å². The van der Waals surface area contributed by atoms with E-state index in [2.05, 4.69) is 0 Å². The van der Waals surface area contributed by atoms with Crippen LogP contribution in [0.4, 0.5) is 0 Å². The van der Waals surface area contributed by atoms with Crippen molar-refractivity contribution in [3.8, 4) is 11.5 Å². The number of ether oxygens (including phenoxy) is 2. The van der Waals surface area contributed by atoms with E-state index in [-0.39, 0.29) is 11.7 Å². The summed E-state index contributed by atoms with van der Waals surface area (Å²) in [4.78, 5) is 27.2. The topological polar surface area (TPSA) is 55.8 Å². The molecule has 0 unspecified atom stereocenters. The molecule has 4 rings (SSSR count). The molecule has 1 amide bonds. The van der Waals surface area contributed by atoms with Gasteiger partial charge in [0.25, 0.3) is 5.91 Å². The molecule has 0 atom stereocenters. The van der Waals surface area contributed by atoms with Gasteiger partial charge >= 0.3 is 0 Å². The Labute approximate surface area is 169 Å². The van der Waals surface area contributed by atoms with Crippen molar-refractivity contribution in [2.75, 3.05) is 19.7 Å². The number of carbonyl (C=O) groups is 2. The molecule has 146 valence electrons. The summed E-state index contributed by atoms with van der Waals surface area (Å²) in [6.45, 7) is 3.63. The van der Waals surface area contributed by atoms with Crippen LogP contribution in [0.3, 0.4) is 0 Å². The van der Waals surface area contributed by atoms with Crippen LogP contribution in [0.25, 0.3) is 0 Å². The molecular weight excluding hydrogens is 378 g/mol. The van der Waals surface area contributed by atoms with Gasteiger partial charge < -0.3 is 14.4 Å². The molecule has 1 spiro atoms. The van der Waals surface area contributed by atoms with E-state index in [4.69, 9.17) is 21.1 Å². The Morgan fingerprint density at radius 3 is 2.57 bits per heavy atom. The first-order chi connectivity index (χ1) is 13.5. The molecule has 1 fully saturated rings. The molecular formula is C22H22ClNO4. The molecule has 28 heavy (non-hydrogen) atoms. The highest BCUT2D eigenvalue weighted by Gasteiger charge is 2.43. The van der Waals surface area contributed by atoms with Crippen LogP contribution in [0.15, 0.2) is 42.5 Å². The smallest absolute Gasteiger partial charge is 0.253 e. The summed E-state index contributed by atoms with van der Waals surface area (Å²) in [7, 11) is 0. The van der Waals surface area contributed by atoms with Crippen molar-refractivity contribution < 1.29 is 19.1 Å². The van der Waals surface area contributed by atoms with E-state index in [0.29, 0.717) is 60.9 Å². The summed E-state index contributed by atoms with van der Waals surface area (Å²) in [5, 5.41) is 0.530. The number of ketones is 1. The molecule has 2 heterocycles. The highest BCUT2D eigenvalue weighted by Crippen LogP contribution is 2.40. The number of likely N-dealkylation sites (tertiary alicyclic amines) is 1. The standard InChI is InChI=1S/C22H22ClNO4/c1-2-27-17-6-3-15(4-7-17)21(26)24-11-9-22(10-12-24)14-19(25)18-13-16(23)5-8-20(18)28-22/h3-8,13H,2,9-12,14H2,1H3. The van der Waals surface area contributed by atoms with Crippen molar-refractivity contribution in [1.82, 2.24) is 4.90 Å². The maximum atomic E-state index is 12.8. The number of amides is 1. The largest absolute Gasteiger partial charge is 0.494 e. The summed E-state index contributed by atoms with van der Waals surface area (Å²) in [6.07, 6.45) is 1.58. The van der Waals surface area contributed by atoms with E-state index in [1.807, 2.05) is 24.0 Å². The number of Topliss-reactive ketones (excluding diaryl/α,β-unsaturated/α-hetero) is 1. The molecule has 0 radical (unpaired) electrons. The highest BCUT2D eigenvalue weighted by molar-refractivity contribution is 6.31. The fourth-order valence-corrected chi connectivity index (χ4v) is 4.08. The van der Waals surface area contributed by atoms with Gasteiger partial charge in [-0.05, 0) is 49.4 Å². The molecule has 5 nitrogen and oxygen atoms in total. The molecule has 2 aromatic rings. The number of rotatable bonds is 3. The van der Waals surface area contributed by atoms with Crippen LogP contribution in [-0.2, 0) is 0 Å². The minimum absolute atomic E-state index is 0.00721. The van der Waals surface area contributed by atoms with Gasteiger partial charge in [-0.1, -0.05) is 11.6 Å². The molecule has 0 aliphatic carbocycles. The third-order valence-corrected chi connectivity index (χ3v) is 5.66. The Morgan fingerprint density at radius 2 is 1.89 bits per heavy atom. The zero-order valence-corrected chi connectivity index (χ0v) is 16.5. The van der Waals surface area contributed by atoms with Gasteiger partial charge in [-0.25, -0.2) is 0 Å². The Balaban J connectivity index is 1.43. The average molecular weight is 400 g/mol. The summed E-state index contributed by atoms with van der Waals surface area (Å²) >= 11 is 6.00. The van der Waals surface area contributed by atoms with Crippen LogP contribution in [0.2, 0.25) is 5.02 Å². The molecule has 6 heteroatoms. The monoisotopic (exact) mass is 399 g/mol. The van der Waals surface area contributed by atoms with Gasteiger partial charge in [0.2, 0.25) is 0 Å². The first kappa shape index (κ1) is 18.8. The molecule has 0 aromatic heterocycles. The van der Waals surface area contributed by atoms with Crippen LogP contribution in [0.5, 0.6) is 11.5 Å². The first-order valence-corrected chi connectivity index (χ1v) is 9.91. The van der Waals surface area contributed by atoms with Crippen molar-refractivity contribution in [3.05, 3.63) is 58.6 Å². The second-order valence-electron chi connectivity index (χ2n) is 7.28. The Kier molecular flexibility index (Phi) is 5.02. The molecule has 0 saturated carbocycles. The third kappa shape index (κ3) is 3.59. The van der Waals surface area contributed by atoms with E-state index in [1.165, 1.54) is 0 Å². The second kappa shape index (κ2) is 7.47. The number of hydrogen-bond donors (Lipinski definition) is 0. The number of hydrogen-bond acceptors (Lipinski definition) is 4. The predicted molar refractivity (Wildman–Crippen MR) is 107 cm³/mol. The second-order valence-corrected chi connectivity index (χ2v) is 7.71. The number of carbonyl (C=O) groups excluding carboxylic acids is 2. The quantitative estimate of drug-likeness (QED) is 0.768. The van der Waals surface area contributed by atoms with Crippen LogP contribution < -0.4 is 9.47 Å². The van der Waals surface area contributed by atoms with Crippen molar-refractivity contribution in [2.24, 2.45) is 0 Å². The number of piperidine rings is 1. The fourth-order valence-electron chi connectivity index (χ4n) is 3.91. The molecule has 0 N–H and O–H groups in total. The van der Waals surface area contributed by atoms with Crippen molar-refractivity contribution in [3.63, 3.8) is 0 Å². The highest BCUT2D eigenvalue weighted by atomic mass is 35.5. The van der Waals surface area contributed by atoms with Crippen LogP contribution >= 0.6 is 11.6 Å². The van der Waals surface area contributed by atoms with E-state index in [0.717, 1.165) is 5.75 Å². The number of fused-ring (bicyclic) bond motifs is 1. The number of nitrogens with zero attached hydrogens (tertiary/aromatic N) is 1. The lowest BCUT2D eigenvalue weighted by atomic mass is 9.82. The Morgan fingerprint density at radius 1 is 1.18 bits per heavy atom. The molecule has 1 saturated heterocycles. The summed E-state index contributed by atoms with van der Waals surface area (Å²) < 4.78 is 11.7. The van der Waals surface area contributed by atoms with Gasteiger partial charge in [0.15, 0.2) is 5.78 Å². The lowest BCUT2D eigenvalue weighted by molar-refractivity contribution is -0.00570. The van der Waals surface area contributed by atoms with Crippen molar-refractivity contribution in [2.45, 2.75) is 31.8 Å². The first-order valence-electron chi connectivity index (χ1n) is 9.54. The predicted octanol–water partition coefficient (Wildman–Crippen LogP) is 4.38. The third-order valence-electron chi connectivity index (χ3n) is 5.43. The molecule has 2 aromatic carbocycles. The SMILES string of the molecule is CCOc1ccc(C(=O)N2CCC3(CC2)CC(=O)c2cc(Cl)ccc2O3)cc1. The fraction of sp³-hybridized carbons (Fsp3) is 0.364. The van der Waals surface area contributed by atoms with Gasteiger partial charge in [0.1, 0.15) is 17.1 Å². The minimum atomic E-state index is -0.534. The Bertz CT molecular complexity index is 901. The van der Waals surface area contributed by atoms with Crippen LogP contribution in [-0.4, -0.2) is 41.9 Å². The zero-order valence-electron chi connectivity index (χ0n) is 15.7. The Hall–Kier alpha value is -2.53. The lowest BCUT2D eigenvalue weighted by Crippen LogP contribution is -2.52. The summed E-state index contributed by atoms with van der Waals surface area (Å²) in [5.41, 5.74) is 0.652.